The molecule has 0 aliphatic carbocycles. The van der Waals surface area contributed by atoms with E-state index in [9.17, 15) is 9.59 Å². The average Bonchev–Trinajstić information content (AvgIpc) is 2.82. The molecule has 4 nitrogen and oxygen atoms in total. The normalized spacial score (nSPS) is 10.9. The number of rotatable bonds is 10. The van der Waals surface area contributed by atoms with E-state index in [4.69, 9.17) is 0 Å². The molecular weight excluding hydrogens is 396 g/mol. The van der Waals surface area contributed by atoms with E-state index in [1.165, 1.54) is 0 Å². The predicted molar refractivity (Wildman–Crippen MR) is 131 cm³/mol. The van der Waals surface area contributed by atoms with E-state index in [1.54, 1.807) is 0 Å². The highest BCUT2D eigenvalue weighted by atomic mass is 16.2. The van der Waals surface area contributed by atoms with Crippen molar-refractivity contribution in [1.82, 2.24) is 5.32 Å². The summed E-state index contributed by atoms with van der Waals surface area (Å²) in [6, 6.07) is 28.0. The van der Waals surface area contributed by atoms with Crippen LogP contribution in [0.4, 0.5) is 5.69 Å². The zero-order chi connectivity index (χ0) is 22.8. The van der Waals surface area contributed by atoms with Crippen molar-refractivity contribution >= 4 is 17.5 Å². The van der Waals surface area contributed by atoms with E-state index < -0.39 is 0 Å². The first-order valence-electron chi connectivity index (χ1n) is 11.3. The summed E-state index contributed by atoms with van der Waals surface area (Å²) >= 11 is 0. The summed E-state index contributed by atoms with van der Waals surface area (Å²) in [5, 5.41) is 5.96. The van der Waals surface area contributed by atoms with Crippen LogP contribution < -0.4 is 10.6 Å². The van der Waals surface area contributed by atoms with E-state index in [2.05, 4.69) is 48.7 Å². The van der Waals surface area contributed by atoms with Crippen LogP contribution in [0.1, 0.15) is 49.3 Å². The Morgan fingerprint density at radius 1 is 0.750 bits per heavy atom. The van der Waals surface area contributed by atoms with E-state index >= 15 is 0 Å². The van der Waals surface area contributed by atoms with E-state index in [-0.39, 0.29) is 17.7 Å². The molecule has 32 heavy (non-hydrogen) atoms. The molecule has 0 atom stereocenters. The Balaban J connectivity index is 1.57. The summed E-state index contributed by atoms with van der Waals surface area (Å²) in [4.78, 5) is 24.7. The molecule has 0 radical (unpaired) electrons. The standard InChI is InChI=1S/C28H32N2O2/c1-21(2)20-29-27(31)18-15-22-13-16-25(17-14-22)30-28(32)19-26(23-9-5-3-6-10-23)24-11-7-4-8-12-24/h3-14,16-17,21,26H,15,18-20H2,1-2H3,(H,29,31)(H,30,32). The van der Waals surface area contributed by atoms with Gasteiger partial charge in [0.05, 0.1) is 0 Å². The Kier molecular flexibility index (Phi) is 8.61. The number of hydrogen-bond acceptors (Lipinski definition) is 2. The SMILES string of the molecule is CC(C)CNC(=O)CCc1ccc(NC(=O)CC(c2ccccc2)c2ccccc2)cc1. The molecule has 2 amide bonds. The quantitative estimate of drug-likeness (QED) is 0.445. The summed E-state index contributed by atoms with van der Waals surface area (Å²) in [7, 11) is 0. The van der Waals surface area contributed by atoms with Gasteiger partial charge in [0, 0.05) is 31.0 Å². The molecule has 0 saturated carbocycles. The zero-order valence-corrected chi connectivity index (χ0v) is 18.9. The first kappa shape index (κ1) is 23.3. The molecule has 0 unspecified atom stereocenters. The van der Waals surface area contributed by atoms with Crippen LogP contribution in [-0.4, -0.2) is 18.4 Å². The van der Waals surface area contributed by atoms with Gasteiger partial charge in [0.15, 0.2) is 0 Å². The van der Waals surface area contributed by atoms with Crippen molar-refractivity contribution in [3.63, 3.8) is 0 Å². The van der Waals surface area contributed by atoms with Gasteiger partial charge < -0.3 is 10.6 Å². The molecule has 3 aromatic carbocycles. The van der Waals surface area contributed by atoms with Crippen LogP contribution in [0.2, 0.25) is 0 Å². The Labute approximate surface area is 191 Å². The first-order valence-corrected chi connectivity index (χ1v) is 11.3. The van der Waals surface area contributed by atoms with E-state index in [1.807, 2.05) is 60.7 Å². The van der Waals surface area contributed by atoms with Gasteiger partial charge in [-0.25, -0.2) is 0 Å². The van der Waals surface area contributed by atoms with Gasteiger partial charge in [-0.1, -0.05) is 86.6 Å². The lowest BCUT2D eigenvalue weighted by Gasteiger charge is -2.18. The van der Waals surface area contributed by atoms with Crippen LogP contribution in [-0.2, 0) is 16.0 Å². The van der Waals surface area contributed by atoms with Crippen LogP contribution in [0, 0.1) is 5.92 Å². The summed E-state index contributed by atoms with van der Waals surface area (Å²) in [6.07, 6.45) is 1.52. The van der Waals surface area contributed by atoms with Gasteiger partial charge in [-0.2, -0.15) is 0 Å². The van der Waals surface area contributed by atoms with Crippen LogP contribution >= 0.6 is 0 Å². The van der Waals surface area contributed by atoms with Crippen molar-refractivity contribution < 1.29 is 9.59 Å². The fourth-order valence-corrected chi connectivity index (χ4v) is 3.62. The van der Waals surface area contributed by atoms with Crippen molar-refractivity contribution in [2.24, 2.45) is 5.92 Å². The number of nitrogens with one attached hydrogen (secondary N) is 2. The smallest absolute Gasteiger partial charge is 0.225 e. The van der Waals surface area contributed by atoms with E-state index in [0.717, 1.165) is 22.4 Å². The Hall–Kier alpha value is -3.40. The fourth-order valence-electron chi connectivity index (χ4n) is 3.62. The van der Waals surface area contributed by atoms with Gasteiger partial charge in [-0.05, 0) is 41.2 Å². The van der Waals surface area contributed by atoms with Gasteiger partial charge >= 0.3 is 0 Å². The molecule has 166 valence electrons. The largest absolute Gasteiger partial charge is 0.356 e. The summed E-state index contributed by atoms with van der Waals surface area (Å²) < 4.78 is 0. The van der Waals surface area contributed by atoms with Crippen molar-refractivity contribution in [2.75, 3.05) is 11.9 Å². The second-order valence-electron chi connectivity index (χ2n) is 8.52. The number of aryl methyl sites for hydroxylation is 1. The third-order valence-corrected chi connectivity index (χ3v) is 5.38. The lowest BCUT2D eigenvalue weighted by molar-refractivity contribution is -0.121. The summed E-state index contributed by atoms with van der Waals surface area (Å²) in [5.74, 6) is 0.499. The Morgan fingerprint density at radius 3 is 1.84 bits per heavy atom. The maximum atomic E-state index is 12.8. The van der Waals surface area contributed by atoms with Crippen LogP contribution in [0.25, 0.3) is 0 Å². The van der Waals surface area contributed by atoms with Crippen LogP contribution in [0.15, 0.2) is 84.9 Å². The maximum Gasteiger partial charge on any atom is 0.225 e. The fraction of sp³-hybridized carbons (Fsp3) is 0.286. The molecule has 2 N–H and O–H groups in total. The highest BCUT2D eigenvalue weighted by Crippen LogP contribution is 2.28. The second-order valence-corrected chi connectivity index (χ2v) is 8.52. The maximum absolute atomic E-state index is 12.8. The summed E-state index contributed by atoms with van der Waals surface area (Å²) in [6.45, 7) is 4.86. The molecule has 3 rings (SSSR count). The highest BCUT2D eigenvalue weighted by molar-refractivity contribution is 5.91. The number of benzene rings is 3. The van der Waals surface area contributed by atoms with Crippen LogP contribution in [0.5, 0.6) is 0 Å². The minimum absolute atomic E-state index is 0.000949. The van der Waals surface area contributed by atoms with Gasteiger partial charge in [-0.15, -0.1) is 0 Å². The molecule has 0 spiro atoms. The van der Waals surface area contributed by atoms with Crippen molar-refractivity contribution in [3.05, 3.63) is 102 Å². The minimum atomic E-state index is -0.0245. The van der Waals surface area contributed by atoms with Crippen LogP contribution in [0.3, 0.4) is 0 Å². The van der Waals surface area contributed by atoms with Gasteiger partial charge in [0.2, 0.25) is 11.8 Å². The van der Waals surface area contributed by atoms with Gasteiger partial charge in [0.1, 0.15) is 0 Å². The number of carbonyl (C=O) groups excluding carboxylic acids is 2. The number of hydrogen-bond donors (Lipinski definition) is 2. The minimum Gasteiger partial charge on any atom is -0.356 e. The van der Waals surface area contributed by atoms with E-state index in [0.29, 0.717) is 31.7 Å². The third-order valence-electron chi connectivity index (χ3n) is 5.38. The molecular formula is C28H32N2O2. The van der Waals surface area contributed by atoms with Gasteiger partial charge in [0.25, 0.3) is 0 Å². The lowest BCUT2D eigenvalue weighted by Crippen LogP contribution is -2.27. The molecule has 4 heteroatoms. The molecule has 0 saturated heterocycles. The molecule has 0 bridgehead atoms. The first-order chi connectivity index (χ1) is 15.5. The molecule has 0 heterocycles. The molecule has 3 aromatic rings. The highest BCUT2D eigenvalue weighted by Gasteiger charge is 2.18. The average molecular weight is 429 g/mol. The lowest BCUT2D eigenvalue weighted by atomic mass is 9.88. The zero-order valence-electron chi connectivity index (χ0n) is 18.9. The number of amides is 2. The van der Waals surface area contributed by atoms with Crippen molar-refractivity contribution in [3.8, 4) is 0 Å². The van der Waals surface area contributed by atoms with Crippen molar-refractivity contribution in [1.29, 1.82) is 0 Å². The monoisotopic (exact) mass is 428 g/mol. The van der Waals surface area contributed by atoms with Gasteiger partial charge in [-0.3, -0.25) is 9.59 Å². The Morgan fingerprint density at radius 2 is 1.31 bits per heavy atom. The topological polar surface area (TPSA) is 58.2 Å². The number of carbonyl (C=O) groups is 2. The molecule has 0 aliphatic rings. The summed E-state index contributed by atoms with van der Waals surface area (Å²) in [5.41, 5.74) is 4.09. The Bertz CT molecular complexity index is 943. The second kappa shape index (κ2) is 11.8. The molecule has 0 aliphatic heterocycles. The molecule has 0 aromatic heterocycles. The predicted octanol–water partition coefficient (Wildman–Crippen LogP) is 5.55. The number of anilines is 1. The third kappa shape index (κ3) is 7.38. The van der Waals surface area contributed by atoms with Crippen molar-refractivity contribution in [2.45, 2.75) is 39.0 Å². The molecule has 0 fully saturated rings.